The normalized spacial score (nSPS) is 15.0. The van der Waals surface area contributed by atoms with E-state index >= 15 is 0 Å². The summed E-state index contributed by atoms with van der Waals surface area (Å²) >= 11 is 0. The van der Waals surface area contributed by atoms with Gasteiger partial charge in [-0.05, 0) is 11.1 Å². The van der Waals surface area contributed by atoms with Crippen molar-refractivity contribution in [1.29, 1.82) is 0 Å². The molecule has 0 aromatic heterocycles. The molecule has 2 N–H and O–H groups in total. The Labute approximate surface area is 134 Å². The second-order valence-electron chi connectivity index (χ2n) is 4.71. The van der Waals surface area contributed by atoms with Gasteiger partial charge in [0.15, 0.2) is 10.7 Å². The van der Waals surface area contributed by atoms with Crippen molar-refractivity contribution in [3.05, 3.63) is 71.8 Å². The number of rotatable bonds is 6. The second kappa shape index (κ2) is 6.77. The molecule has 2 atom stereocenters. The van der Waals surface area contributed by atoms with Gasteiger partial charge in [0.2, 0.25) is 0 Å². The molecule has 0 saturated carbocycles. The Balaban J connectivity index is 2.48. The average Bonchev–Trinajstić information content (AvgIpc) is 2.47. The van der Waals surface area contributed by atoms with Gasteiger partial charge in [-0.25, -0.2) is 0 Å². The first kappa shape index (κ1) is 17.6. The van der Waals surface area contributed by atoms with Crippen molar-refractivity contribution in [1.82, 2.24) is 5.32 Å². The van der Waals surface area contributed by atoms with Crippen LogP contribution in [-0.2, 0) is 20.2 Å². The molecule has 9 heteroatoms. The molecule has 0 aliphatic carbocycles. The Morgan fingerprint density at radius 1 is 0.652 bits per heavy atom. The second-order valence-corrected chi connectivity index (χ2v) is 7.66. The highest BCUT2D eigenvalue weighted by molar-refractivity contribution is 7.86. The summed E-state index contributed by atoms with van der Waals surface area (Å²) < 4.78 is 65.2. The number of hydrogen-bond acceptors (Lipinski definition) is 4. The van der Waals surface area contributed by atoms with E-state index < -0.39 is 31.0 Å². The minimum atomic E-state index is -4.72. The highest BCUT2D eigenvalue weighted by Gasteiger charge is 2.35. The molecular weight excluding hydrogens is 342 g/mol. The molecule has 2 aromatic rings. The summed E-state index contributed by atoms with van der Waals surface area (Å²) in [4.78, 5) is 0. The zero-order valence-corrected chi connectivity index (χ0v) is 13.4. The molecule has 0 aliphatic heterocycles. The van der Waals surface area contributed by atoms with Crippen LogP contribution in [0.4, 0.5) is 0 Å². The Bertz CT molecular complexity index is 777. The first-order chi connectivity index (χ1) is 10.7. The summed E-state index contributed by atoms with van der Waals surface area (Å²) in [6.07, 6.45) is 0. The van der Waals surface area contributed by atoms with E-state index in [1.54, 1.807) is 12.1 Å². The topological polar surface area (TPSA) is 123 Å². The maximum atomic E-state index is 11.6. The number of hydrogen-bond donors (Lipinski definition) is 2. The highest BCUT2D eigenvalue weighted by atomic mass is 32.2. The van der Waals surface area contributed by atoms with Crippen molar-refractivity contribution in [3.63, 3.8) is 0 Å². The van der Waals surface area contributed by atoms with E-state index in [1.807, 2.05) is 0 Å². The van der Waals surface area contributed by atoms with E-state index in [1.165, 1.54) is 48.5 Å². The molecule has 2 rings (SSSR count). The summed E-state index contributed by atoms with van der Waals surface area (Å²) in [6.45, 7) is 0. The fraction of sp³-hybridized carbons (Fsp3) is 0.143. The maximum Gasteiger partial charge on any atom is 0.286 e. The third-order valence-corrected chi connectivity index (χ3v) is 4.92. The Hall–Kier alpha value is -1.78. The van der Waals surface area contributed by atoms with Crippen LogP contribution in [0, 0.1) is 0 Å². The first-order valence-electron chi connectivity index (χ1n) is 6.42. The maximum absolute atomic E-state index is 11.6. The van der Waals surface area contributed by atoms with Gasteiger partial charge < -0.3 is 0 Å². The lowest BCUT2D eigenvalue weighted by molar-refractivity contribution is 0.425. The smallest absolute Gasteiger partial charge is 0.284 e. The van der Waals surface area contributed by atoms with E-state index in [4.69, 9.17) is 0 Å². The van der Waals surface area contributed by atoms with Gasteiger partial charge in [0, 0.05) is 0 Å². The third kappa shape index (κ3) is 4.60. The lowest BCUT2D eigenvalue weighted by Gasteiger charge is -2.20. The summed E-state index contributed by atoms with van der Waals surface area (Å²) in [5.74, 6) is 0. The standard InChI is InChI=1S/C14H14NO6S2/c16-22(17,18)13(11-7-3-1-4-8-11)15-14(23(19,20)21)12-9-5-2-6-10-12/h1-10,13-14H,(H,16,17,18)(H,19,20,21). The van der Waals surface area contributed by atoms with Gasteiger partial charge in [0.25, 0.3) is 20.2 Å². The van der Waals surface area contributed by atoms with Gasteiger partial charge in [-0.15, -0.1) is 0 Å². The molecule has 0 aliphatic rings. The highest BCUT2D eigenvalue weighted by Crippen LogP contribution is 2.28. The fourth-order valence-corrected chi connectivity index (χ4v) is 3.66. The molecule has 1 radical (unpaired) electrons. The minimum Gasteiger partial charge on any atom is -0.284 e. The van der Waals surface area contributed by atoms with Crippen molar-refractivity contribution >= 4 is 20.2 Å². The predicted octanol–water partition coefficient (Wildman–Crippen LogP) is 1.76. The lowest BCUT2D eigenvalue weighted by atomic mass is 10.2. The molecule has 0 bridgehead atoms. The van der Waals surface area contributed by atoms with Crippen LogP contribution in [0.2, 0.25) is 0 Å². The monoisotopic (exact) mass is 356 g/mol. The summed E-state index contributed by atoms with van der Waals surface area (Å²) in [5.41, 5.74) is 0.166. The Morgan fingerprint density at radius 3 is 1.22 bits per heavy atom. The molecular formula is C14H14NO6S2. The fourth-order valence-electron chi connectivity index (χ4n) is 2.03. The van der Waals surface area contributed by atoms with Gasteiger partial charge in [-0.3, -0.25) is 9.11 Å². The van der Waals surface area contributed by atoms with Crippen LogP contribution in [0.3, 0.4) is 0 Å². The Kier molecular flexibility index (Phi) is 5.17. The zero-order chi connectivity index (χ0) is 17.1. The van der Waals surface area contributed by atoms with Crippen LogP contribution in [0.5, 0.6) is 0 Å². The molecule has 0 heterocycles. The molecule has 0 amide bonds. The van der Waals surface area contributed by atoms with Crippen LogP contribution in [0.15, 0.2) is 60.7 Å². The third-order valence-electron chi connectivity index (χ3n) is 3.00. The molecule has 2 aromatic carbocycles. The molecule has 7 nitrogen and oxygen atoms in total. The molecule has 0 spiro atoms. The van der Waals surface area contributed by atoms with Crippen LogP contribution in [0.25, 0.3) is 0 Å². The van der Waals surface area contributed by atoms with Gasteiger partial charge in [0.05, 0.1) is 0 Å². The van der Waals surface area contributed by atoms with Gasteiger partial charge in [-0.1, -0.05) is 60.7 Å². The van der Waals surface area contributed by atoms with E-state index in [2.05, 4.69) is 5.32 Å². The van der Waals surface area contributed by atoms with Crippen molar-refractivity contribution in [3.8, 4) is 0 Å². The van der Waals surface area contributed by atoms with Gasteiger partial charge >= 0.3 is 0 Å². The summed E-state index contributed by atoms with van der Waals surface area (Å²) in [6, 6.07) is 14.9. The summed E-state index contributed by atoms with van der Waals surface area (Å²) in [7, 11) is -9.45. The van der Waals surface area contributed by atoms with Crippen molar-refractivity contribution < 1.29 is 25.9 Å². The van der Waals surface area contributed by atoms with Crippen molar-refractivity contribution in [2.24, 2.45) is 0 Å². The van der Waals surface area contributed by atoms with Crippen molar-refractivity contribution in [2.45, 2.75) is 10.7 Å². The lowest BCUT2D eigenvalue weighted by Crippen LogP contribution is -2.30. The van der Waals surface area contributed by atoms with Crippen molar-refractivity contribution in [2.75, 3.05) is 0 Å². The summed E-state index contributed by atoms with van der Waals surface area (Å²) in [5, 5.41) is 0.00876. The Morgan fingerprint density at radius 2 is 0.957 bits per heavy atom. The van der Waals surface area contributed by atoms with E-state index in [0.717, 1.165) is 0 Å². The van der Waals surface area contributed by atoms with Crippen LogP contribution >= 0.6 is 0 Å². The predicted molar refractivity (Wildman–Crippen MR) is 83.6 cm³/mol. The van der Waals surface area contributed by atoms with Crippen LogP contribution in [-0.4, -0.2) is 25.9 Å². The quantitative estimate of drug-likeness (QED) is 0.760. The van der Waals surface area contributed by atoms with E-state index in [9.17, 15) is 25.9 Å². The minimum absolute atomic E-state index is 0.0829. The first-order valence-corrected chi connectivity index (χ1v) is 9.42. The largest absolute Gasteiger partial charge is 0.286 e. The molecule has 2 unspecified atom stereocenters. The van der Waals surface area contributed by atoms with Crippen LogP contribution < -0.4 is 5.32 Å². The van der Waals surface area contributed by atoms with E-state index in [-0.39, 0.29) is 11.1 Å². The molecule has 0 fully saturated rings. The van der Waals surface area contributed by atoms with Crippen LogP contribution in [0.1, 0.15) is 21.9 Å². The molecule has 0 saturated heterocycles. The van der Waals surface area contributed by atoms with Gasteiger partial charge in [0.1, 0.15) is 0 Å². The van der Waals surface area contributed by atoms with E-state index in [0.29, 0.717) is 0 Å². The SMILES string of the molecule is O=S(=O)(O)C([N]C(c1ccccc1)S(=O)(=O)O)c1ccccc1. The molecule has 123 valence electrons. The molecule has 23 heavy (non-hydrogen) atoms. The number of benzene rings is 2. The zero-order valence-electron chi connectivity index (χ0n) is 11.7. The average molecular weight is 356 g/mol. The number of nitrogens with zero attached hydrogens (tertiary/aromatic N) is 1. The van der Waals surface area contributed by atoms with Gasteiger partial charge in [-0.2, -0.15) is 22.2 Å².